The molecule has 1 amide bonds. The number of nitrogens with zero attached hydrogens (tertiary/aromatic N) is 4. The van der Waals surface area contributed by atoms with Crippen molar-refractivity contribution in [2.75, 3.05) is 25.1 Å². The first-order valence-electron chi connectivity index (χ1n) is 12.2. The van der Waals surface area contributed by atoms with E-state index in [2.05, 4.69) is 33.9 Å². The first-order chi connectivity index (χ1) is 16.9. The number of hydrogen-bond donors (Lipinski definition) is 3. The van der Waals surface area contributed by atoms with Crippen molar-refractivity contribution in [1.82, 2.24) is 20.1 Å². The molecule has 0 aromatic carbocycles. The fourth-order valence-corrected chi connectivity index (χ4v) is 4.50. The molecule has 0 saturated heterocycles. The molecule has 1 fully saturated rings. The number of pyridine rings is 1. The molecule has 0 unspecified atom stereocenters. The summed E-state index contributed by atoms with van der Waals surface area (Å²) >= 11 is 0. The van der Waals surface area contributed by atoms with Crippen LogP contribution in [0.5, 0.6) is 0 Å². The summed E-state index contributed by atoms with van der Waals surface area (Å²) in [6.45, 7) is 1.73. The SMILES string of the molecule is Cn1cc(C#N)c(C2(C(=O)N[C@@H](CCOCCCCc3ccc4c(n3)NCCC4)C(=O)O)CC2)n1. The summed E-state index contributed by atoms with van der Waals surface area (Å²) < 4.78 is 7.15. The molecule has 1 saturated carbocycles. The largest absolute Gasteiger partial charge is 0.480 e. The number of ether oxygens (including phenoxy) is 1. The van der Waals surface area contributed by atoms with Crippen molar-refractivity contribution in [3.63, 3.8) is 0 Å². The number of carbonyl (C=O) groups is 2. The van der Waals surface area contributed by atoms with E-state index in [1.54, 1.807) is 13.2 Å². The number of nitriles is 1. The molecule has 2 aromatic heterocycles. The summed E-state index contributed by atoms with van der Waals surface area (Å²) in [7, 11) is 1.69. The molecule has 0 radical (unpaired) electrons. The highest BCUT2D eigenvalue weighted by Gasteiger charge is 2.55. The summed E-state index contributed by atoms with van der Waals surface area (Å²) in [5.74, 6) is -0.495. The van der Waals surface area contributed by atoms with Gasteiger partial charge in [0.25, 0.3) is 0 Å². The maximum absolute atomic E-state index is 12.9. The van der Waals surface area contributed by atoms with Gasteiger partial charge in [-0.05, 0) is 56.6 Å². The van der Waals surface area contributed by atoms with Crippen LogP contribution in [-0.2, 0) is 39.6 Å². The van der Waals surface area contributed by atoms with E-state index in [1.165, 1.54) is 10.2 Å². The molecule has 0 bridgehead atoms. The van der Waals surface area contributed by atoms with E-state index in [1.807, 2.05) is 0 Å². The van der Waals surface area contributed by atoms with Gasteiger partial charge in [0.05, 0.1) is 16.7 Å². The Morgan fingerprint density at radius 3 is 2.91 bits per heavy atom. The number of nitrogens with one attached hydrogen (secondary N) is 2. The van der Waals surface area contributed by atoms with Gasteiger partial charge in [-0.2, -0.15) is 10.4 Å². The lowest BCUT2D eigenvalue weighted by Crippen LogP contribution is -2.46. The molecule has 10 heteroatoms. The Bertz CT molecular complexity index is 1120. The molecule has 1 aliphatic carbocycles. The average molecular weight is 481 g/mol. The highest BCUT2D eigenvalue weighted by Crippen LogP contribution is 2.48. The summed E-state index contributed by atoms with van der Waals surface area (Å²) in [5, 5.41) is 29.2. The number of hydrogen-bond acceptors (Lipinski definition) is 7. The zero-order valence-electron chi connectivity index (χ0n) is 20.0. The molecule has 1 atom stereocenters. The number of unbranched alkanes of at least 4 members (excludes halogenated alkanes) is 1. The van der Waals surface area contributed by atoms with E-state index in [0.717, 1.165) is 50.2 Å². The van der Waals surface area contributed by atoms with Crippen molar-refractivity contribution in [2.45, 2.75) is 62.8 Å². The predicted octanol–water partition coefficient (Wildman–Crippen LogP) is 2.08. The fraction of sp³-hybridized carbons (Fsp3) is 0.560. The van der Waals surface area contributed by atoms with E-state index >= 15 is 0 Å². The number of aryl methyl sites for hydroxylation is 3. The quantitative estimate of drug-likeness (QED) is 0.392. The predicted molar refractivity (Wildman–Crippen MR) is 128 cm³/mol. The second-order valence-electron chi connectivity index (χ2n) is 9.32. The Kier molecular flexibility index (Phi) is 7.66. The minimum atomic E-state index is -1.11. The standard InChI is InChI=1S/C25H32N6O4/c1-31-16-18(15-26)21(30-31)25(10-11-25)24(34)29-20(23(32)33)9-14-35-13-3-2-6-19-8-7-17-5-4-12-27-22(17)28-19/h7-8,16,20H,2-6,9-14H2,1H3,(H,27,28)(H,29,34)(H,32,33)/t20-/m0/s1. The van der Waals surface area contributed by atoms with Gasteiger partial charge in [0.2, 0.25) is 5.91 Å². The molecule has 3 heterocycles. The minimum Gasteiger partial charge on any atom is -0.480 e. The fourth-order valence-electron chi connectivity index (χ4n) is 4.50. The molecule has 186 valence electrons. The van der Waals surface area contributed by atoms with Crippen LogP contribution in [0.4, 0.5) is 5.82 Å². The Hall–Kier alpha value is -3.45. The van der Waals surface area contributed by atoms with Crippen molar-refractivity contribution >= 4 is 17.7 Å². The van der Waals surface area contributed by atoms with E-state index in [0.29, 0.717) is 30.7 Å². The van der Waals surface area contributed by atoms with E-state index in [-0.39, 0.29) is 13.0 Å². The third-order valence-corrected chi connectivity index (χ3v) is 6.66. The molecule has 10 nitrogen and oxygen atoms in total. The van der Waals surface area contributed by atoms with Crippen molar-refractivity contribution in [1.29, 1.82) is 5.26 Å². The van der Waals surface area contributed by atoms with Crippen LogP contribution in [0.2, 0.25) is 0 Å². The van der Waals surface area contributed by atoms with Gasteiger partial charge in [-0.1, -0.05) is 6.07 Å². The van der Waals surface area contributed by atoms with Crippen LogP contribution in [0, 0.1) is 11.3 Å². The molecular weight excluding hydrogens is 448 g/mol. The van der Waals surface area contributed by atoms with Gasteiger partial charge in [0.15, 0.2) is 0 Å². The number of aliphatic carboxylic acids is 1. The van der Waals surface area contributed by atoms with Gasteiger partial charge >= 0.3 is 5.97 Å². The molecule has 2 aliphatic rings. The Morgan fingerprint density at radius 1 is 1.34 bits per heavy atom. The van der Waals surface area contributed by atoms with Crippen molar-refractivity contribution < 1.29 is 19.4 Å². The van der Waals surface area contributed by atoms with Crippen LogP contribution in [0.25, 0.3) is 0 Å². The van der Waals surface area contributed by atoms with Crippen molar-refractivity contribution in [3.05, 3.63) is 40.8 Å². The average Bonchev–Trinajstić information content (AvgIpc) is 3.58. The number of amides is 1. The maximum Gasteiger partial charge on any atom is 0.326 e. The molecule has 35 heavy (non-hydrogen) atoms. The van der Waals surface area contributed by atoms with Gasteiger partial charge in [-0.25, -0.2) is 9.78 Å². The summed E-state index contributed by atoms with van der Waals surface area (Å²) in [4.78, 5) is 29.3. The lowest BCUT2D eigenvalue weighted by atomic mass is 9.97. The van der Waals surface area contributed by atoms with Crippen LogP contribution in [0.3, 0.4) is 0 Å². The lowest BCUT2D eigenvalue weighted by molar-refractivity contribution is -0.142. The zero-order chi connectivity index (χ0) is 24.8. The van der Waals surface area contributed by atoms with Crippen molar-refractivity contribution in [3.8, 4) is 6.07 Å². The highest BCUT2D eigenvalue weighted by molar-refractivity contribution is 5.94. The van der Waals surface area contributed by atoms with Gasteiger partial charge in [0.1, 0.15) is 17.9 Å². The van der Waals surface area contributed by atoms with Gasteiger partial charge in [-0.3, -0.25) is 9.48 Å². The van der Waals surface area contributed by atoms with Gasteiger partial charge in [0, 0.05) is 45.1 Å². The molecule has 3 N–H and O–H groups in total. The van der Waals surface area contributed by atoms with Gasteiger partial charge in [-0.15, -0.1) is 0 Å². The van der Waals surface area contributed by atoms with E-state index in [4.69, 9.17) is 9.72 Å². The normalized spacial score (nSPS) is 16.5. The number of fused-ring (bicyclic) bond motifs is 1. The smallest absolute Gasteiger partial charge is 0.326 e. The Labute approximate surface area is 204 Å². The molecule has 4 rings (SSSR count). The number of carboxylic acid groups (broad SMARTS) is 1. The van der Waals surface area contributed by atoms with Crippen LogP contribution >= 0.6 is 0 Å². The van der Waals surface area contributed by atoms with E-state index < -0.39 is 23.3 Å². The van der Waals surface area contributed by atoms with E-state index in [9.17, 15) is 20.0 Å². The molecular formula is C25H32N6O4. The Balaban J connectivity index is 1.18. The molecule has 0 spiro atoms. The number of aromatic nitrogens is 3. The molecule has 1 aliphatic heterocycles. The van der Waals surface area contributed by atoms with Crippen molar-refractivity contribution in [2.24, 2.45) is 7.05 Å². The second-order valence-corrected chi connectivity index (χ2v) is 9.32. The number of carboxylic acids is 1. The summed E-state index contributed by atoms with van der Waals surface area (Å²) in [6, 6.07) is 5.26. The first kappa shape index (κ1) is 24.7. The minimum absolute atomic E-state index is 0.169. The number of carbonyl (C=O) groups excluding carboxylic acids is 1. The highest BCUT2D eigenvalue weighted by atomic mass is 16.5. The summed E-state index contributed by atoms with van der Waals surface area (Å²) in [6.07, 6.45) is 7.69. The van der Waals surface area contributed by atoms with Gasteiger partial charge < -0.3 is 20.5 Å². The number of anilines is 1. The van der Waals surface area contributed by atoms with Crippen LogP contribution in [-0.4, -0.2) is 57.5 Å². The van der Waals surface area contributed by atoms with Crippen LogP contribution in [0.1, 0.15) is 61.0 Å². The Morgan fingerprint density at radius 2 is 2.17 bits per heavy atom. The number of rotatable bonds is 12. The molecule has 2 aromatic rings. The third-order valence-electron chi connectivity index (χ3n) is 6.66. The summed E-state index contributed by atoms with van der Waals surface area (Å²) in [5.41, 5.74) is 2.19. The first-order valence-corrected chi connectivity index (χ1v) is 12.2. The van der Waals surface area contributed by atoms with Crippen LogP contribution < -0.4 is 10.6 Å². The second kappa shape index (κ2) is 10.9. The third kappa shape index (κ3) is 5.80. The lowest BCUT2D eigenvalue weighted by Gasteiger charge is -2.19. The maximum atomic E-state index is 12.9. The monoisotopic (exact) mass is 480 g/mol. The van der Waals surface area contributed by atoms with Crippen LogP contribution in [0.15, 0.2) is 18.3 Å². The topological polar surface area (TPSA) is 142 Å². The zero-order valence-corrected chi connectivity index (χ0v) is 20.0.